The van der Waals surface area contributed by atoms with E-state index < -0.39 is 30.2 Å². The van der Waals surface area contributed by atoms with E-state index in [2.05, 4.69) is 0 Å². The molecule has 0 radical (unpaired) electrons. The van der Waals surface area contributed by atoms with Crippen molar-refractivity contribution in [1.82, 2.24) is 0 Å². The van der Waals surface area contributed by atoms with Crippen LogP contribution in [0.5, 0.6) is 5.75 Å². The monoisotopic (exact) mass is 258 g/mol. The van der Waals surface area contributed by atoms with Gasteiger partial charge in [-0.05, 0) is 18.2 Å². The molecule has 1 fully saturated rings. The van der Waals surface area contributed by atoms with E-state index in [0.29, 0.717) is 0 Å². The molecule has 0 spiro atoms. The van der Waals surface area contributed by atoms with Crippen molar-refractivity contribution >= 4 is 0 Å². The molecule has 1 heterocycles. The molecule has 1 saturated heterocycles. The van der Waals surface area contributed by atoms with E-state index in [1.165, 1.54) is 6.07 Å². The second-order valence-electron chi connectivity index (χ2n) is 4.36. The molecule has 4 N–H and O–H groups in total. The quantitative estimate of drug-likeness (QED) is 0.603. The van der Waals surface area contributed by atoms with Crippen LogP contribution in [0.4, 0.5) is 4.39 Å². The number of aliphatic hydroxyl groups excluding tert-OH is 3. The van der Waals surface area contributed by atoms with Gasteiger partial charge in [0.15, 0.2) is 0 Å². The van der Waals surface area contributed by atoms with Gasteiger partial charge < -0.3 is 25.2 Å². The second kappa shape index (κ2) is 5.19. The molecule has 0 saturated carbocycles. The number of hydrogen-bond acceptors (Lipinski definition) is 5. The summed E-state index contributed by atoms with van der Waals surface area (Å²) in [5, 5.41) is 37.8. The van der Waals surface area contributed by atoms with Crippen LogP contribution in [-0.4, -0.2) is 45.3 Å². The molecule has 4 atom stereocenters. The molecule has 1 aliphatic heterocycles. The molecule has 4 unspecified atom stereocenters. The SMILES string of the molecule is OCC1CC(O)C(O)C(c2cc(O)ccc2F)O1. The molecule has 0 aliphatic carbocycles. The number of ether oxygens (including phenoxy) is 1. The Labute approximate surface area is 103 Å². The van der Waals surface area contributed by atoms with Gasteiger partial charge in [0, 0.05) is 12.0 Å². The van der Waals surface area contributed by atoms with E-state index in [9.17, 15) is 19.7 Å². The van der Waals surface area contributed by atoms with Gasteiger partial charge in [-0.2, -0.15) is 0 Å². The largest absolute Gasteiger partial charge is 0.508 e. The van der Waals surface area contributed by atoms with Crippen LogP contribution in [-0.2, 0) is 4.74 Å². The van der Waals surface area contributed by atoms with Gasteiger partial charge in [0.25, 0.3) is 0 Å². The van der Waals surface area contributed by atoms with E-state index in [0.717, 1.165) is 12.1 Å². The maximum absolute atomic E-state index is 13.6. The lowest BCUT2D eigenvalue weighted by atomic mass is 9.93. The third kappa shape index (κ3) is 2.46. The molecule has 0 bridgehead atoms. The Morgan fingerprint density at radius 3 is 2.72 bits per heavy atom. The zero-order valence-electron chi connectivity index (χ0n) is 9.53. The van der Waals surface area contributed by atoms with E-state index in [-0.39, 0.29) is 24.3 Å². The fraction of sp³-hybridized carbons (Fsp3) is 0.500. The number of phenolic OH excluding ortho intramolecular Hbond substituents is 1. The molecular weight excluding hydrogens is 243 g/mol. The smallest absolute Gasteiger partial charge is 0.129 e. The Morgan fingerprint density at radius 2 is 2.06 bits per heavy atom. The number of hydrogen-bond donors (Lipinski definition) is 4. The molecule has 0 amide bonds. The highest BCUT2D eigenvalue weighted by atomic mass is 19.1. The van der Waals surface area contributed by atoms with Crippen molar-refractivity contribution in [3.63, 3.8) is 0 Å². The Hall–Kier alpha value is -1.21. The van der Waals surface area contributed by atoms with Crippen LogP contribution >= 0.6 is 0 Å². The van der Waals surface area contributed by atoms with Crippen molar-refractivity contribution in [3.8, 4) is 5.75 Å². The fourth-order valence-electron chi connectivity index (χ4n) is 2.08. The van der Waals surface area contributed by atoms with Crippen molar-refractivity contribution in [2.24, 2.45) is 0 Å². The van der Waals surface area contributed by atoms with Gasteiger partial charge in [0.05, 0.1) is 18.8 Å². The minimum Gasteiger partial charge on any atom is -0.508 e. The van der Waals surface area contributed by atoms with Gasteiger partial charge in [-0.25, -0.2) is 4.39 Å². The highest BCUT2D eigenvalue weighted by molar-refractivity contribution is 5.31. The van der Waals surface area contributed by atoms with E-state index >= 15 is 0 Å². The Bertz CT molecular complexity index is 425. The Morgan fingerprint density at radius 1 is 1.33 bits per heavy atom. The number of benzene rings is 1. The van der Waals surface area contributed by atoms with E-state index in [1.54, 1.807) is 0 Å². The lowest BCUT2D eigenvalue weighted by Crippen LogP contribution is -2.44. The van der Waals surface area contributed by atoms with Gasteiger partial charge in [-0.1, -0.05) is 0 Å². The fourth-order valence-corrected chi connectivity index (χ4v) is 2.08. The van der Waals surface area contributed by atoms with E-state index in [4.69, 9.17) is 9.84 Å². The Kier molecular flexibility index (Phi) is 3.82. The molecule has 1 aromatic rings. The molecule has 5 nitrogen and oxygen atoms in total. The maximum atomic E-state index is 13.6. The van der Waals surface area contributed by atoms with Crippen LogP contribution in [0.2, 0.25) is 0 Å². The summed E-state index contributed by atoms with van der Waals surface area (Å²) in [7, 11) is 0. The third-order valence-electron chi connectivity index (χ3n) is 3.04. The topological polar surface area (TPSA) is 90.2 Å². The first-order valence-corrected chi connectivity index (χ1v) is 5.63. The molecule has 2 rings (SSSR count). The normalized spacial score (nSPS) is 32.4. The molecule has 18 heavy (non-hydrogen) atoms. The van der Waals surface area contributed by atoms with E-state index in [1.807, 2.05) is 0 Å². The van der Waals surface area contributed by atoms with Crippen molar-refractivity contribution in [2.75, 3.05) is 6.61 Å². The number of aromatic hydroxyl groups is 1. The maximum Gasteiger partial charge on any atom is 0.129 e. The average Bonchev–Trinajstić information content (AvgIpc) is 2.35. The standard InChI is InChI=1S/C12H15FO5/c13-9-2-1-6(15)3-8(9)12-11(17)10(16)4-7(5-14)18-12/h1-3,7,10-12,14-17H,4-5H2. The van der Waals surface area contributed by atoms with Crippen LogP contribution in [0, 0.1) is 5.82 Å². The van der Waals surface area contributed by atoms with Gasteiger partial charge >= 0.3 is 0 Å². The third-order valence-corrected chi connectivity index (χ3v) is 3.04. The van der Waals surface area contributed by atoms with Crippen molar-refractivity contribution in [3.05, 3.63) is 29.6 Å². The van der Waals surface area contributed by atoms with Gasteiger partial charge in [-0.15, -0.1) is 0 Å². The molecule has 100 valence electrons. The number of phenols is 1. The lowest BCUT2D eigenvalue weighted by Gasteiger charge is -2.36. The second-order valence-corrected chi connectivity index (χ2v) is 4.36. The van der Waals surface area contributed by atoms with Crippen LogP contribution in [0.25, 0.3) is 0 Å². The zero-order valence-corrected chi connectivity index (χ0v) is 9.53. The van der Waals surface area contributed by atoms with Crippen molar-refractivity contribution < 1.29 is 29.6 Å². The van der Waals surface area contributed by atoms with Crippen LogP contribution in [0.1, 0.15) is 18.1 Å². The highest BCUT2D eigenvalue weighted by Crippen LogP contribution is 2.34. The molecule has 1 aliphatic rings. The van der Waals surface area contributed by atoms with Gasteiger partial charge in [-0.3, -0.25) is 0 Å². The first-order chi connectivity index (χ1) is 8.52. The lowest BCUT2D eigenvalue weighted by molar-refractivity contribution is -0.180. The van der Waals surface area contributed by atoms with Crippen molar-refractivity contribution in [1.29, 1.82) is 0 Å². The number of rotatable bonds is 2. The number of halogens is 1. The molecule has 1 aromatic carbocycles. The predicted molar refractivity (Wildman–Crippen MR) is 59.4 cm³/mol. The summed E-state index contributed by atoms with van der Waals surface area (Å²) in [4.78, 5) is 0. The van der Waals surface area contributed by atoms with Gasteiger partial charge in [0.1, 0.15) is 23.8 Å². The Balaban J connectivity index is 2.32. The minimum atomic E-state index is -1.30. The summed E-state index contributed by atoms with van der Waals surface area (Å²) in [6, 6.07) is 3.36. The zero-order chi connectivity index (χ0) is 13.3. The molecular formula is C12H15FO5. The summed E-state index contributed by atoms with van der Waals surface area (Å²) in [5.74, 6) is -0.814. The first-order valence-electron chi connectivity index (χ1n) is 5.63. The number of aliphatic hydroxyl groups is 3. The first kappa shape index (κ1) is 13.2. The predicted octanol–water partition coefficient (Wildman–Crippen LogP) is 0.0754. The summed E-state index contributed by atoms with van der Waals surface area (Å²) in [5.41, 5.74) is -0.0419. The summed E-state index contributed by atoms with van der Waals surface area (Å²) >= 11 is 0. The highest BCUT2D eigenvalue weighted by Gasteiger charge is 2.38. The molecule has 0 aromatic heterocycles. The summed E-state index contributed by atoms with van der Waals surface area (Å²) in [6.45, 7) is -0.333. The van der Waals surface area contributed by atoms with Crippen LogP contribution < -0.4 is 0 Å². The van der Waals surface area contributed by atoms with Crippen molar-refractivity contribution in [2.45, 2.75) is 30.8 Å². The minimum absolute atomic E-state index is 0.0419. The van der Waals surface area contributed by atoms with Crippen LogP contribution in [0.3, 0.4) is 0 Å². The van der Waals surface area contributed by atoms with Gasteiger partial charge in [0.2, 0.25) is 0 Å². The molecule has 6 heteroatoms. The van der Waals surface area contributed by atoms with Crippen LogP contribution in [0.15, 0.2) is 18.2 Å². The average molecular weight is 258 g/mol. The summed E-state index contributed by atoms with van der Waals surface area (Å²) in [6.07, 6.45) is -4.12. The summed E-state index contributed by atoms with van der Waals surface area (Å²) < 4.78 is 19.0.